The highest BCUT2D eigenvalue weighted by atomic mass is 32.1. The number of anilines is 1. The van der Waals surface area contributed by atoms with Gasteiger partial charge in [-0.15, -0.1) is 0 Å². The van der Waals surface area contributed by atoms with Gasteiger partial charge in [0.05, 0.1) is 12.2 Å². The molecule has 0 bridgehead atoms. The Morgan fingerprint density at radius 1 is 0.732 bits per heavy atom. The van der Waals surface area contributed by atoms with Crippen LogP contribution in [0.3, 0.4) is 0 Å². The van der Waals surface area contributed by atoms with Crippen molar-refractivity contribution in [3.63, 3.8) is 0 Å². The molecule has 0 amide bonds. The van der Waals surface area contributed by atoms with Crippen LogP contribution < -0.4 is 10.5 Å². The lowest BCUT2D eigenvalue weighted by Gasteiger charge is -2.30. The lowest BCUT2D eigenvalue weighted by Crippen LogP contribution is -2.39. The quantitative estimate of drug-likeness (QED) is 0.101. The minimum Gasteiger partial charge on any atom is -0.392 e. The summed E-state index contributed by atoms with van der Waals surface area (Å²) in [5.41, 5.74) is 0.716. The van der Waals surface area contributed by atoms with Gasteiger partial charge in [0, 0.05) is 31.4 Å². The predicted molar refractivity (Wildman–Crippen MR) is 176 cm³/mol. The number of rotatable bonds is 23. The first-order valence-electron chi connectivity index (χ1n) is 16.4. The third kappa shape index (κ3) is 13.7. The van der Waals surface area contributed by atoms with Crippen LogP contribution >= 0.6 is 12.2 Å². The Morgan fingerprint density at radius 3 is 1.61 bits per heavy atom. The molecule has 2 aromatic rings. The minimum absolute atomic E-state index is 0.140. The summed E-state index contributed by atoms with van der Waals surface area (Å²) < 4.78 is 4.04. The van der Waals surface area contributed by atoms with Crippen molar-refractivity contribution in [2.24, 2.45) is 0 Å². The Hall–Kier alpha value is -1.96. The summed E-state index contributed by atoms with van der Waals surface area (Å²) in [6.07, 6.45) is 19.7. The van der Waals surface area contributed by atoms with Crippen molar-refractivity contribution in [1.29, 1.82) is 0 Å². The molecule has 2 N–H and O–H groups in total. The Labute approximate surface area is 254 Å². The highest BCUT2D eigenvalue weighted by Gasteiger charge is 2.19. The van der Waals surface area contributed by atoms with E-state index in [2.05, 4.69) is 6.92 Å². The first-order chi connectivity index (χ1) is 19.8. The molecular weight excluding hydrogens is 530 g/mol. The van der Waals surface area contributed by atoms with Crippen LogP contribution in [0.2, 0.25) is 0 Å². The van der Waals surface area contributed by atoms with Crippen LogP contribution in [0.15, 0.2) is 41.2 Å². The SMILES string of the molecule is CCCCCCCCCCCCCCCCCCn1c(=O)cc(N(CC(C)O)CC(C)O)n(-c2ccccc2)c1=S. The number of aromatic nitrogens is 2. The van der Waals surface area contributed by atoms with Gasteiger partial charge >= 0.3 is 0 Å². The summed E-state index contributed by atoms with van der Waals surface area (Å²) in [7, 11) is 0. The van der Waals surface area contributed by atoms with Crippen LogP contribution in [-0.2, 0) is 6.54 Å². The topological polar surface area (TPSA) is 70.6 Å². The largest absolute Gasteiger partial charge is 0.392 e. The number of aliphatic hydroxyl groups excluding tert-OH is 2. The summed E-state index contributed by atoms with van der Waals surface area (Å²) in [4.78, 5) is 15.1. The van der Waals surface area contributed by atoms with Crippen molar-refractivity contribution < 1.29 is 10.2 Å². The summed E-state index contributed by atoms with van der Waals surface area (Å²) in [6.45, 7) is 6.85. The molecule has 1 heterocycles. The molecule has 2 unspecified atom stereocenters. The number of unbranched alkanes of at least 4 members (excludes halogenated alkanes) is 15. The molecule has 0 spiro atoms. The van der Waals surface area contributed by atoms with E-state index in [1.165, 1.54) is 89.9 Å². The molecule has 2 rings (SSSR count). The first-order valence-corrected chi connectivity index (χ1v) is 16.8. The van der Waals surface area contributed by atoms with Crippen LogP contribution in [0.4, 0.5) is 5.82 Å². The molecule has 0 aliphatic carbocycles. The molecule has 7 heteroatoms. The molecule has 0 radical (unpaired) electrons. The highest BCUT2D eigenvalue weighted by molar-refractivity contribution is 7.71. The number of para-hydroxylation sites is 1. The maximum absolute atomic E-state index is 13.2. The van der Waals surface area contributed by atoms with E-state index >= 15 is 0 Å². The van der Waals surface area contributed by atoms with Crippen LogP contribution in [0.25, 0.3) is 5.69 Å². The van der Waals surface area contributed by atoms with Gasteiger partial charge in [-0.05, 0) is 44.6 Å². The van der Waals surface area contributed by atoms with E-state index in [0.717, 1.165) is 18.5 Å². The maximum atomic E-state index is 13.2. The lowest BCUT2D eigenvalue weighted by atomic mass is 10.0. The molecule has 2 atom stereocenters. The van der Waals surface area contributed by atoms with Gasteiger partial charge in [-0.1, -0.05) is 121 Å². The fourth-order valence-electron chi connectivity index (χ4n) is 5.54. The molecule has 41 heavy (non-hydrogen) atoms. The van der Waals surface area contributed by atoms with Crippen LogP contribution in [-0.4, -0.2) is 44.6 Å². The van der Waals surface area contributed by atoms with Crippen molar-refractivity contribution >= 4 is 18.0 Å². The molecule has 1 aromatic carbocycles. The molecular formula is C34H57N3O3S. The zero-order chi connectivity index (χ0) is 29.9. The monoisotopic (exact) mass is 587 g/mol. The van der Waals surface area contributed by atoms with E-state index < -0.39 is 12.2 Å². The second-order valence-electron chi connectivity index (χ2n) is 11.9. The molecule has 0 saturated carbocycles. The van der Waals surface area contributed by atoms with Gasteiger partial charge in [0.2, 0.25) is 0 Å². The molecule has 0 fully saturated rings. The molecule has 0 aliphatic rings. The second-order valence-corrected chi connectivity index (χ2v) is 12.2. The van der Waals surface area contributed by atoms with E-state index in [4.69, 9.17) is 12.2 Å². The minimum atomic E-state index is -0.626. The van der Waals surface area contributed by atoms with Gasteiger partial charge in [0.1, 0.15) is 5.82 Å². The van der Waals surface area contributed by atoms with Crippen LogP contribution in [0.1, 0.15) is 124 Å². The van der Waals surface area contributed by atoms with Gasteiger partial charge in [0.15, 0.2) is 4.77 Å². The van der Waals surface area contributed by atoms with Gasteiger partial charge < -0.3 is 15.1 Å². The van der Waals surface area contributed by atoms with Crippen molar-refractivity contribution in [3.8, 4) is 5.69 Å². The van der Waals surface area contributed by atoms with Crippen molar-refractivity contribution in [2.75, 3.05) is 18.0 Å². The van der Waals surface area contributed by atoms with Crippen molar-refractivity contribution in [3.05, 3.63) is 51.5 Å². The van der Waals surface area contributed by atoms with Crippen LogP contribution in [0.5, 0.6) is 0 Å². The normalized spacial score (nSPS) is 12.9. The van der Waals surface area contributed by atoms with Crippen molar-refractivity contribution in [1.82, 2.24) is 9.13 Å². The van der Waals surface area contributed by atoms with E-state index in [1.54, 1.807) is 24.5 Å². The van der Waals surface area contributed by atoms with E-state index in [0.29, 0.717) is 17.1 Å². The second kappa shape index (κ2) is 20.8. The number of hydrogen-bond donors (Lipinski definition) is 2. The molecule has 0 aliphatic heterocycles. The maximum Gasteiger partial charge on any atom is 0.256 e. The zero-order valence-electron chi connectivity index (χ0n) is 26.1. The molecule has 1 aromatic heterocycles. The fourth-order valence-corrected chi connectivity index (χ4v) is 5.92. The summed E-state index contributed by atoms with van der Waals surface area (Å²) in [5.74, 6) is 0.594. The van der Waals surface area contributed by atoms with E-state index in [9.17, 15) is 15.0 Å². The van der Waals surface area contributed by atoms with E-state index in [1.807, 2.05) is 39.8 Å². The third-order valence-electron chi connectivity index (χ3n) is 7.71. The average molecular weight is 588 g/mol. The predicted octanol–water partition coefficient (Wildman–Crippen LogP) is 8.20. The average Bonchev–Trinajstić information content (AvgIpc) is 2.93. The lowest BCUT2D eigenvalue weighted by molar-refractivity contribution is 0.177. The van der Waals surface area contributed by atoms with Gasteiger partial charge in [-0.25, -0.2) is 0 Å². The third-order valence-corrected chi connectivity index (χ3v) is 8.12. The summed E-state index contributed by atoms with van der Waals surface area (Å²) >= 11 is 5.88. The first kappa shape index (κ1) is 35.2. The number of benzene rings is 1. The Morgan fingerprint density at radius 2 is 1.17 bits per heavy atom. The molecule has 0 saturated heterocycles. The van der Waals surface area contributed by atoms with Crippen molar-refractivity contribution in [2.45, 2.75) is 142 Å². The zero-order valence-corrected chi connectivity index (χ0v) is 26.9. The number of aliphatic hydroxyl groups is 2. The fraction of sp³-hybridized carbons (Fsp3) is 0.706. The summed E-state index contributed by atoms with van der Waals surface area (Å²) in [6, 6.07) is 11.4. The number of hydrogen-bond acceptors (Lipinski definition) is 5. The number of nitrogens with zero attached hydrogens (tertiary/aromatic N) is 3. The smallest absolute Gasteiger partial charge is 0.256 e. The van der Waals surface area contributed by atoms with E-state index in [-0.39, 0.29) is 18.6 Å². The Kier molecular flexibility index (Phi) is 17.9. The molecule has 6 nitrogen and oxygen atoms in total. The highest BCUT2D eigenvalue weighted by Crippen LogP contribution is 2.21. The van der Waals surface area contributed by atoms with Crippen LogP contribution in [0, 0.1) is 4.77 Å². The Bertz CT molecular complexity index is 1060. The summed E-state index contributed by atoms with van der Waals surface area (Å²) in [5, 5.41) is 20.2. The van der Waals surface area contributed by atoms with Gasteiger partial charge in [-0.2, -0.15) is 0 Å². The Balaban J connectivity index is 1.85. The van der Waals surface area contributed by atoms with Gasteiger partial charge in [-0.3, -0.25) is 13.9 Å². The van der Waals surface area contributed by atoms with Gasteiger partial charge in [0.25, 0.3) is 5.56 Å². The standard InChI is InChI=1S/C34H57N3O3S/c1-4-5-6-7-8-9-10-11-12-13-14-15-16-17-18-22-25-36-33(40)26-32(35(27-29(2)38)28-30(3)39)37(34(36)41)31-23-20-19-21-24-31/h19-21,23-24,26,29-30,38-39H,4-18,22,25,27-28H2,1-3H3. The molecule has 232 valence electrons.